The number of halogens is 4. The number of alkyl halides is 3. The summed E-state index contributed by atoms with van der Waals surface area (Å²) in [7, 11) is 0. The highest BCUT2D eigenvalue weighted by atomic mass is 35.5. The third kappa shape index (κ3) is 2.78. The highest BCUT2D eigenvalue weighted by Crippen LogP contribution is 2.45. The molecule has 0 spiro atoms. The Hall–Kier alpha value is -2.67. The first-order chi connectivity index (χ1) is 11.3. The van der Waals surface area contributed by atoms with E-state index in [1.807, 2.05) is 5.10 Å². The van der Waals surface area contributed by atoms with E-state index in [1.165, 1.54) is 24.3 Å². The number of aromatic nitrogens is 2. The highest BCUT2D eigenvalue weighted by Gasteiger charge is 2.38. The summed E-state index contributed by atoms with van der Waals surface area (Å²) in [6.07, 6.45) is -4.69. The fraction of sp³-hybridized carbons (Fsp3) is 0.0625. The lowest BCUT2D eigenvalue weighted by Crippen LogP contribution is -2.07. The van der Waals surface area contributed by atoms with E-state index >= 15 is 0 Å². The molecule has 8 heteroatoms. The number of hydrogen-bond donors (Lipinski definition) is 3. The van der Waals surface area contributed by atoms with Gasteiger partial charge in [0.2, 0.25) is 0 Å². The van der Waals surface area contributed by atoms with Crippen molar-refractivity contribution in [1.82, 2.24) is 10.2 Å². The average Bonchev–Trinajstić information content (AvgIpc) is 2.92. The molecular weight excluding hydrogens is 345 g/mol. The second kappa shape index (κ2) is 5.76. The molecule has 0 atom stereocenters. The first kappa shape index (κ1) is 16.2. The number of hydrogen-bond acceptors (Lipinski definition) is 3. The quantitative estimate of drug-likeness (QED) is 0.617. The number of rotatable bonds is 2. The number of benzene rings is 2. The van der Waals surface area contributed by atoms with Crippen LogP contribution in [0.3, 0.4) is 0 Å². The maximum absolute atomic E-state index is 13.3. The fourth-order valence-electron chi connectivity index (χ4n) is 2.39. The zero-order chi connectivity index (χ0) is 17.5. The number of nitrogens with one attached hydrogen (secondary N) is 1. The molecular formula is C16H10ClF3N2O2. The van der Waals surface area contributed by atoms with Crippen LogP contribution in [-0.4, -0.2) is 20.4 Å². The van der Waals surface area contributed by atoms with Crippen LogP contribution in [0.5, 0.6) is 11.5 Å². The minimum absolute atomic E-state index is 0.0365. The highest BCUT2D eigenvalue weighted by molar-refractivity contribution is 6.33. The van der Waals surface area contributed by atoms with Crippen LogP contribution in [0, 0.1) is 0 Å². The summed E-state index contributed by atoms with van der Waals surface area (Å²) in [5, 5.41) is 25.1. The first-order valence-corrected chi connectivity index (χ1v) is 7.09. The Kier molecular flexibility index (Phi) is 3.88. The van der Waals surface area contributed by atoms with Gasteiger partial charge in [-0.3, -0.25) is 5.10 Å². The van der Waals surface area contributed by atoms with Crippen LogP contribution in [0.25, 0.3) is 22.4 Å². The Balaban J connectivity index is 2.33. The van der Waals surface area contributed by atoms with Gasteiger partial charge in [0.15, 0.2) is 0 Å². The van der Waals surface area contributed by atoms with Gasteiger partial charge in [-0.1, -0.05) is 29.8 Å². The number of H-pyrrole nitrogens is 1. The van der Waals surface area contributed by atoms with E-state index in [9.17, 15) is 23.4 Å². The number of phenols is 2. The predicted molar refractivity (Wildman–Crippen MR) is 82.8 cm³/mol. The lowest BCUT2D eigenvalue weighted by Gasteiger charge is -2.11. The van der Waals surface area contributed by atoms with Crippen molar-refractivity contribution >= 4 is 11.6 Å². The minimum Gasteiger partial charge on any atom is -0.508 e. The Morgan fingerprint density at radius 1 is 1.00 bits per heavy atom. The lowest BCUT2D eigenvalue weighted by atomic mass is 9.98. The van der Waals surface area contributed by atoms with Gasteiger partial charge in [-0.25, -0.2) is 0 Å². The molecule has 4 nitrogen and oxygen atoms in total. The Morgan fingerprint density at radius 3 is 2.33 bits per heavy atom. The largest absolute Gasteiger partial charge is 0.508 e. The van der Waals surface area contributed by atoms with Gasteiger partial charge < -0.3 is 10.2 Å². The molecule has 3 aromatic rings. The SMILES string of the molecule is Oc1ccc(-c2n[nH]c(C(F)(F)F)c2-c2ccccc2Cl)c(O)c1. The van der Waals surface area contributed by atoms with Crippen LogP contribution in [-0.2, 0) is 6.18 Å². The van der Waals surface area contributed by atoms with Crippen LogP contribution >= 0.6 is 11.6 Å². The van der Waals surface area contributed by atoms with Crippen LogP contribution in [0.2, 0.25) is 5.02 Å². The summed E-state index contributed by atoms with van der Waals surface area (Å²) >= 11 is 6.05. The molecule has 24 heavy (non-hydrogen) atoms. The van der Waals surface area contributed by atoms with Gasteiger partial charge in [0.05, 0.1) is 0 Å². The number of aromatic hydroxyl groups is 2. The summed E-state index contributed by atoms with van der Waals surface area (Å²) in [5.74, 6) is -0.620. The van der Waals surface area contributed by atoms with Crippen LogP contribution in [0.1, 0.15) is 5.69 Å². The van der Waals surface area contributed by atoms with E-state index in [0.29, 0.717) is 0 Å². The molecule has 0 aliphatic carbocycles. The predicted octanol–water partition coefficient (Wildman–Crippen LogP) is 4.83. The van der Waals surface area contributed by atoms with E-state index < -0.39 is 17.6 Å². The molecule has 0 aliphatic heterocycles. The van der Waals surface area contributed by atoms with Crippen molar-refractivity contribution in [2.45, 2.75) is 6.18 Å². The smallest absolute Gasteiger partial charge is 0.433 e. The van der Waals surface area contributed by atoms with Crippen molar-refractivity contribution in [3.63, 3.8) is 0 Å². The zero-order valence-corrected chi connectivity index (χ0v) is 12.7. The monoisotopic (exact) mass is 354 g/mol. The third-order valence-corrected chi connectivity index (χ3v) is 3.76. The van der Waals surface area contributed by atoms with Gasteiger partial charge in [0.1, 0.15) is 22.9 Å². The molecule has 1 aromatic heterocycles. The molecule has 0 radical (unpaired) electrons. The summed E-state index contributed by atoms with van der Waals surface area (Å²) in [4.78, 5) is 0. The van der Waals surface area contributed by atoms with Crippen LogP contribution in [0.15, 0.2) is 42.5 Å². The van der Waals surface area contributed by atoms with Crippen molar-refractivity contribution in [3.05, 3.63) is 53.2 Å². The van der Waals surface area contributed by atoms with Crippen molar-refractivity contribution in [2.24, 2.45) is 0 Å². The van der Waals surface area contributed by atoms with Gasteiger partial charge in [-0.05, 0) is 18.2 Å². The number of nitrogens with zero attached hydrogens (tertiary/aromatic N) is 1. The lowest BCUT2D eigenvalue weighted by molar-refractivity contribution is -0.140. The second-order valence-electron chi connectivity index (χ2n) is 5.00. The van der Waals surface area contributed by atoms with E-state index in [4.69, 9.17) is 11.6 Å². The van der Waals surface area contributed by atoms with E-state index in [1.54, 1.807) is 12.1 Å². The van der Waals surface area contributed by atoms with E-state index in [0.717, 1.165) is 6.07 Å². The topological polar surface area (TPSA) is 69.1 Å². The molecule has 2 aromatic carbocycles. The summed E-state index contributed by atoms with van der Waals surface area (Å²) in [5.41, 5.74) is -1.29. The molecule has 0 saturated carbocycles. The molecule has 0 bridgehead atoms. The Morgan fingerprint density at radius 2 is 1.71 bits per heavy atom. The number of aromatic amines is 1. The van der Waals surface area contributed by atoms with Gasteiger partial charge in [0, 0.05) is 27.8 Å². The summed E-state index contributed by atoms with van der Waals surface area (Å²) in [6.45, 7) is 0. The molecule has 0 unspecified atom stereocenters. The van der Waals surface area contributed by atoms with Gasteiger partial charge in [0.25, 0.3) is 0 Å². The standard InChI is InChI=1S/C16H10ClF3N2O2/c17-11-4-2-1-3-9(11)13-14(21-22-15(13)16(18,19)20)10-6-5-8(23)7-12(10)24/h1-7,23-24H,(H,21,22). The molecule has 0 amide bonds. The van der Waals surface area contributed by atoms with Crippen LogP contribution < -0.4 is 0 Å². The second-order valence-corrected chi connectivity index (χ2v) is 5.41. The molecule has 0 aliphatic rings. The van der Waals surface area contributed by atoms with Gasteiger partial charge in [-0.15, -0.1) is 0 Å². The number of phenolic OH excluding ortho intramolecular Hbond substituents is 2. The van der Waals surface area contributed by atoms with Crippen molar-refractivity contribution in [1.29, 1.82) is 0 Å². The van der Waals surface area contributed by atoms with Crippen molar-refractivity contribution in [2.75, 3.05) is 0 Å². The molecule has 124 valence electrons. The van der Waals surface area contributed by atoms with Crippen molar-refractivity contribution in [3.8, 4) is 33.9 Å². The summed E-state index contributed by atoms with van der Waals surface area (Å²) < 4.78 is 40.0. The average molecular weight is 355 g/mol. The van der Waals surface area contributed by atoms with E-state index in [2.05, 4.69) is 5.10 Å². The Bertz CT molecular complexity index is 907. The first-order valence-electron chi connectivity index (χ1n) is 6.72. The maximum Gasteiger partial charge on any atom is 0.433 e. The maximum atomic E-state index is 13.3. The van der Waals surface area contributed by atoms with Crippen molar-refractivity contribution < 1.29 is 23.4 Å². The van der Waals surface area contributed by atoms with E-state index in [-0.39, 0.29) is 33.2 Å². The summed E-state index contributed by atoms with van der Waals surface area (Å²) in [6, 6.07) is 9.59. The third-order valence-electron chi connectivity index (χ3n) is 3.43. The van der Waals surface area contributed by atoms with Gasteiger partial charge in [-0.2, -0.15) is 18.3 Å². The fourth-order valence-corrected chi connectivity index (χ4v) is 2.62. The normalized spacial score (nSPS) is 11.7. The molecule has 3 rings (SSSR count). The molecule has 1 heterocycles. The zero-order valence-electron chi connectivity index (χ0n) is 11.9. The Labute approximate surface area is 139 Å². The molecule has 3 N–H and O–H groups in total. The molecule has 0 fully saturated rings. The molecule has 0 saturated heterocycles. The minimum atomic E-state index is -4.69. The van der Waals surface area contributed by atoms with Gasteiger partial charge >= 0.3 is 6.18 Å². The van der Waals surface area contributed by atoms with Crippen LogP contribution in [0.4, 0.5) is 13.2 Å².